The van der Waals surface area contributed by atoms with Gasteiger partial charge in [-0.15, -0.1) is 0 Å². The number of hydrogen-bond donors (Lipinski definition) is 3. The molecule has 58 heavy (non-hydrogen) atoms. The van der Waals surface area contributed by atoms with E-state index in [1.807, 2.05) is 23.0 Å². The number of piperazine rings is 1. The molecule has 13 nitrogen and oxygen atoms in total. The molecule has 1 aliphatic carbocycles. The Kier molecular flexibility index (Phi) is 10.6. The molecule has 0 unspecified atom stereocenters. The zero-order valence-electron chi connectivity index (χ0n) is 32.8. The van der Waals surface area contributed by atoms with Crippen LogP contribution in [0.25, 0.3) is 16.4 Å². The van der Waals surface area contributed by atoms with Crippen LogP contribution in [-0.4, -0.2) is 90.3 Å². The van der Waals surface area contributed by atoms with Crippen LogP contribution in [0.5, 0.6) is 0 Å². The van der Waals surface area contributed by atoms with Gasteiger partial charge >= 0.3 is 0 Å². The fraction of sp³-hybridized carbons (Fsp3) is 0.442. The largest absolute Gasteiger partial charge is 0.386 e. The lowest BCUT2D eigenvalue weighted by atomic mass is 9.88. The second-order valence-electron chi connectivity index (χ2n) is 16.6. The van der Waals surface area contributed by atoms with Crippen LogP contribution in [0.4, 0.5) is 14.5 Å². The fourth-order valence-electron chi connectivity index (χ4n) is 9.12. The van der Waals surface area contributed by atoms with Gasteiger partial charge in [0.1, 0.15) is 23.4 Å². The normalized spacial score (nSPS) is 22.3. The van der Waals surface area contributed by atoms with Gasteiger partial charge in [0.05, 0.1) is 40.4 Å². The molecule has 2 saturated heterocycles. The lowest BCUT2D eigenvalue weighted by molar-refractivity contribution is -0.134. The minimum absolute atomic E-state index is 0.0569. The van der Waals surface area contributed by atoms with Gasteiger partial charge in [-0.05, 0) is 107 Å². The summed E-state index contributed by atoms with van der Waals surface area (Å²) in [5, 5.41) is 35.6. The van der Waals surface area contributed by atoms with Crippen molar-refractivity contribution in [2.45, 2.75) is 95.4 Å². The van der Waals surface area contributed by atoms with E-state index in [9.17, 15) is 24.8 Å². The first-order chi connectivity index (χ1) is 27.7. The van der Waals surface area contributed by atoms with Crippen molar-refractivity contribution in [1.29, 1.82) is 5.26 Å². The van der Waals surface area contributed by atoms with Gasteiger partial charge in [-0.3, -0.25) is 29.3 Å². The SMILES string of the molecule is C[C@H]1CN(CCc2cc(F)c([C@H]3CCC(=O)NC3=O)c(F)c2)CCN1C1CCC(n2cc3cc(NC(=O)c4ccc5cc(C#N)cnn45)c(C(C)(C)O)cc3n2)CC1. The Morgan fingerprint density at radius 2 is 1.78 bits per heavy atom. The molecular formula is C43H47F2N9O4. The lowest BCUT2D eigenvalue weighted by Gasteiger charge is -2.46. The average Bonchev–Trinajstić information content (AvgIpc) is 3.81. The quantitative estimate of drug-likeness (QED) is 0.162. The van der Waals surface area contributed by atoms with Crippen molar-refractivity contribution in [3.63, 3.8) is 0 Å². The minimum atomic E-state index is -1.26. The van der Waals surface area contributed by atoms with E-state index in [4.69, 9.17) is 5.10 Å². The number of amides is 3. The second kappa shape index (κ2) is 15.7. The summed E-state index contributed by atoms with van der Waals surface area (Å²) in [6.07, 6.45) is 8.03. The molecule has 0 spiro atoms. The van der Waals surface area contributed by atoms with E-state index in [0.29, 0.717) is 58.6 Å². The van der Waals surface area contributed by atoms with E-state index in [0.717, 1.165) is 56.2 Å². The predicted octanol–water partition coefficient (Wildman–Crippen LogP) is 5.57. The van der Waals surface area contributed by atoms with Crippen LogP contribution in [0.1, 0.15) is 104 Å². The molecule has 8 rings (SSSR count). The number of aromatic nitrogens is 4. The van der Waals surface area contributed by atoms with E-state index < -0.39 is 40.9 Å². The summed E-state index contributed by atoms with van der Waals surface area (Å²) < 4.78 is 33.7. The smallest absolute Gasteiger partial charge is 0.274 e. The van der Waals surface area contributed by atoms with Crippen LogP contribution in [0.3, 0.4) is 0 Å². The van der Waals surface area contributed by atoms with Gasteiger partial charge < -0.3 is 15.3 Å². The third-order valence-corrected chi connectivity index (χ3v) is 12.1. The van der Waals surface area contributed by atoms with Gasteiger partial charge in [0.2, 0.25) is 11.8 Å². The van der Waals surface area contributed by atoms with Gasteiger partial charge in [-0.25, -0.2) is 13.3 Å². The Bertz CT molecular complexity index is 2430. The number of benzene rings is 2. The van der Waals surface area contributed by atoms with Crippen molar-refractivity contribution in [2.75, 3.05) is 31.5 Å². The number of carbonyl (C=O) groups excluding carboxylic acids is 3. The maximum atomic E-state index is 15.1. The molecule has 1 saturated carbocycles. The van der Waals surface area contributed by atoms with Crippen LogP contribution in [0.2, 0.25) is 0 Å². The van der Waals surface area contributed by atoms with Crippen LogP contribution >= 0.6 is 0 Å². The molecular weight excluding hydrogens is 745 g/mol. The van der Waals surface area contributed by atoms with E-state index in [-0.39, 0.29) is 24.4 Å². The molecule has 3 fully saturated rings. The van der Waals surface area contributed by atoms with Crippen molar-refractivity contribution in [3.05, 3.63) is 94.4 Å². The number of hydrogen-bond acceptors (Lipinski definition) is 9. The van der Waals surface area contributed by atoms with Crippen LogP contribution in [0, 0.1) is 23.0 Å². The number of fused-ring (bicyclic) bond motifs is 2. The first-order valence-corrected chi connectivity index (χ1v) is 20.0. The number of halogens is 2. The summed E-state index contributed by atoms with van der Waals surface area (Å²) in [5.41, 5.74) is 2.09. The molecule has 3 aliphatic rings. The molecule has 302 valence electrons. The molecule has 2 atom stereocenters. The number of piperidine rings is 1. The molecule has 15 heteroatoms. The number of rotatable bonds is 9. The van der Waals surface area contributed by atoms with Crippen molar-refractivity contribution in [1.82, 2.24) is 34.5 Å². The van der Waals surface area contributed by atoms with Gasteiger partial charge in [0.25, 0.3) is 5.91 Å². The van der Waals surface area contributed by atoms with Crippen LogP contribution < -0.4 is 10.6 Å². The highest BCUT2D eigenvalue weighted by atomic mass is 19.1. The number of anilines is 1. The third-order valence-electron chi connectivity index (χ3n) is 12.1. The third kappa shape index (κ3) is 7.84. The maximum absolute atomic E-state index is 15.1. The number of aliphatic hydroxyl groups is 1. The zero-order valence-corrected chi connectivity index (χ0v) is 32.8. The molecule has 5 aromatic rings. The molecule has 2 aromatic carbocycles. The molecule has 0 radical (unpaired) electrons. The summed E-state index contributed by atoms with van der Waals surface area (Å²) in [6.45, 7) is 8.87. The van der Waals surface area contributed by atoms with Crippen molar-refractivity contribution in [3.8, 4) is 6.07 Å². The average molecular weight is 792 g/mol. The summed E-state index contributed by atoms with van der Waals surface area (Å²) in [7, 11) is 0. The van der Waals surface area contributed by atoms with E-state index in [1.54, 1.807) is 32.0 Å². The number of nitrogens with one attached hydrogen (secondary N) is 2. The van der Waals surface area contributed by atoms with Crippen LogP contribution in [-0.2, 0) is 21.6 Å². The molecule has 5 heterocycles. The van der Waals surface area contributed by atoms with Crippen LogP contribution in [0.15, 0.2) is 54.9 Å². The lowest BCUT2D eigenvalue weighted by Crippen LogP contribution is -2.56. The Balaban J connectivity index is 0.873. The predicted molar refractivity (Wildman–Crippen MR) is 212 cm³/mol. The summed E-state index contributed by atoms with van der Waals surface area (Å²) in [6, 6.07) is 14.4. The monoisotopic (exact) mass is 791 g/mol. The molecule has 3 N–H and O–H groups in total. The van der Waals surface area contributed by atoms with Crippen molar-refractivity contribution >= 4 is 39.8 Å². The molecule has 2 aliphatic heterocycles. The number of imide groups is 1. The first-order valence-electron chi connectivity index (χ1n) is 20.0. The van der Waals surface area contributed by atoms with E-state index in [1.165, 1.54) is 22.8 Å². The van der Waals surface area contributed by atoms with Crippen molar-refractivity contribution in [2.24, 2.45) is 0 Å². The Labute approximate surface area is 334 Å². The standard InChI is InChI=1S/C43H47F2N9O4/c1-25-23-51(13-12-26-17-34(44)40(35(45)18-26)32-9-11-39(55)49-41(32)56)14-15-52(25)29-4-6-30(7-5-29)53-24-28-19-37(33(43(2,3)58)20-36(28)50-53)48-42(57)38-10-8-31-16-27(21-46)22-47-54(31)38/h8,10,16-20,22,24-25,29-30,32,58H,4-7,9,11-15,23H2,1-3H3,(H,48,57)(H,49,55,56)/t25-,29?,30?,32+/m0/s1. The fourth-order valence-corrected chi connectivity index (χ4v) is 9.12. The van der Waals surface area contributed by atoms with E-state index in [2.05, 4.69) is 38.5 Å². The maximum Gasteiger partial charge on any atom is 0.274 e. The number of carbonyl (C=O) groups is 3. The Morgan fingerprint density at radius 1 is 1.03 bits per heavy atom. The zero-order chi connectivity index (χ0) is 40.9. The molecule has 3 amide bonds. The first kappa shape index (κ1) is 39.3. The topological polar surface area (TPSA) is 161 Å². The number of nitriles is 1. The summed E-state index contributed by atoms with van der Waals surface area (Å²) in [5.74, 6) is -3.97. The van der Waals surface area contributed by atoms with Crippen molar-refractivity contribution < 1.29 is 28.3 Å². The second-order valence-corrected chi connectivity index (χ2v) is 16.6. The highest BCUT2D eigenvalue weighted by Gasteiger charge is 2.35. The summed E-state index contributed by atoms with van der Waals surface area (Å²) >= 11 is 0. The highest BCUT2D eigenvalue weighted by molar-refractivity contribution is 6.05. The highest BCUT2D eigenvalue weighted by Crippen LogP contribution is 2.37. The molecule has 0 bridgehead atoms. The van der Waals surface area contributed by atoms with E-state index >= 15 is 8.78 Å². The number of nitrogens with zero attached hydrogens (tertiary/aromatic N) is 7. The van der Waals surface area contributed by atoms with Gasteiger partial charge in [-0.2, -0.15) is 15.5 Å². The van der Waals surface area contributed by atoms with Gasteiger partial charge in [0.15, 0.2) is 0 Å². The van der Waals surface area contributed by atoms with Gasteiger partial charge in [-0.1, -0.05) is 0 Å². The Morgan fingerprint density at radius 3 is 2.47 bits per heavy atom. The van der Waals surface area contributed by atoms with Gasteiger partial charge in [0, 0.05) is 73.1 Å². The Hall–Kier alpha value is -5.56. The molecule has 3 aromatic heterocycles. The minimum Gasteiger partial charge on any atom is -0.386 e. The summed E-state index contributed by atoms with van der Waals surface area (Å²) in [4.78, 5) is 42.2.